The van der Waals surface area contributed by atoms with Gasteiger partial charge in [0.2, 0.25) is 0 Å². The molecule has 0 spiro atoms. The second-order valence-electron chi connectivity index (χ2n) is 2.58. The molecule has 2 N–H and O–H groups in total. The molecule has 2 nitrogen and oxygen atoms in total. The first kappa shape index (κ1) is 8.40. The van der Waals surface area contributed by atoms with Gasteiger partial charge in [-0.25, -0.2) is 4.39 Å². The summed E-state index contributed by atoms with van der Waals surface area (Å²) in [6, 6.07) is 0. The summed E-state index contributed by atoms with van der Waals surface area (Å²) >= 11 is 0. The fraction of sp³-hybridized carbons (Fsp3) is 0.625. The minimum atomic E-state index is -0.771. The molecule has 11 heavy (non-hydrogen) atoms. The summed E-state index contributed by atoms with van der Waals surface area (Å²) in [5.74, 6) is 0. The number of nitrogens with zero attached hydrogens (tertiary/aromatic N) is 1. The summed E-state index contributed by atoms with van der Waals surface area (Å²) in [6.45, 7) is 1.22. The third-order valence-electron chi connectivity index (χ3n) is 1.62. The summed E-state index contributed by atoms with van der Waals surface area (Å²) in [7, 11) is 0. The first-order chi connectivity index (χ1) is 5.33. The number of allylic oxidation sites excluding steroid dienone is 2. The number of alkyl halides is 1. The molecule has 0 bridgehead atoms. The largest absolute Gasteiger partial charge is 0.329 e. The SMILES string of the molecule is NCCN=C1C=CC(F)CC1. The number of aliphatic imine (C=N–C) groups is 1. The van der Waals surface area contributed by atoms with Gasteiger partial charge in [-0.2, -0.15) is 0 Å². The monoisotopic (exact) mass is 156 g/mol. The number of hydrogen-bond acceptors (Lipinski definition) is 2. The van der Waals surface area contributed by atoms with Gasteiger partial charge >= 0.3 is 0 Å². The van der Waals surface area contributed by atoms with E-state index in [2.05, 4.69) is 4.99 Å². The topological polar surface area (TPSA) is 38.4 Å². The summed E-state index contributed by atoms with van der Waals surface area (Å²) in [4.78, 5) is 4.17. The third kappa shape index (κ3) is 2.80. The Bertz CT molecular complexity index is 175. The number of nitrogens with two attached hydrogens (primary N) is 1. The molecule has 0 amide bonds. The summed E-state index contributed by atoms with van der Waals surface area (Å²) in [6.07, 6.45) is 3.85. The minimum Gasteiger partial charge on any atom is -0.329 e. The minimum absolute atomic E-state index is 0.566. The van der Waals surface area contributed by atoms with Crippen molar-refractivity contribution in [2.75, 3.05) is 13.1 Å². The van der Waals surface area contributed by atoms with Gasteiger partial charge in [-0.3, -0.25) is 4.99 Å². The van der Waals surface area contributed by atoms with E-state index in [-0.39, 0.29) is 0 Å². The van der Waals surface area contributed by atoms with Crippen LogP contribution in [0.3, 0.4) is 0 Å². The van der Waals surface area contributed by atoms with Gasteiger partial charge < -0.3 is 5.73 Å². The van der Waals surface area contributed by atoms with E-state index in [1.165, 1.54) is 0 Å². The Labute approximate surface area is 66.0 Å². The molecule has 0 heterocycles. The maximum Gasteiger partial charge on any atom is 0.119 e. The highest BCUT2D eigenvalue weighted by Crippen LogP contribution is 2.11. The quantitative estimate of drug-likeness (QED) is 0.638. The zero-order valence-corrected chi connectivity index (χ0v) is 6.46. The van der Waals surface area contributed by atoms with Crippen molar-refractivity contribution in [3.05, 3.63) is 12.2 Å². The highest BCUT2D eigenvalue weighted by Gasteiger charge is 2.08. The summed E-state index contributed by atoms with van der Waals surface area (Å²) < 4.78 is 12.5. The van der Waals surface area contributed by atoms with Crippen molar-refractivity contribution in [3.8, 4) is 0 Å². The normalized spacial score (nSPS) is 27.8. The number of halogens is 1. The predicted molar refractivity (Wildman–Crippen MR) is 44.6 cm³/mol. The van der Waals surface area contributed by atoms with E-state index in [9.17, 15) is 4.39 Å². The van der Waals surface area contributed by atoms with E-state index in [1.807, 2.05) is 0 Å². The zero-order valence-electron chi connectivity index (χ0n) is 6.46. The lowest BCUT2D eigenvalue weighted by molar-refractivity contribution is 0.380. The van der Waals surface area contributed by atoms with Crippen molar-refractivity contribution in [2.45, 2.75) is 19.0 Å². The van der Waals surface area contributed by atoms with Crippen LogP contribution in [0, 0.1) is 0 Å². The van der Waals surface area contributed by atoms with Crippen molar-refractivity contribution in [2.24, 2.45) is 10.7 Å². The van der Waals surface area contributed by atoms with Crippen molar-refractivity contribution < 1.29 is 4.39 Å². The summed E-state index contributed by atoms with van der Waals surface area (Å²) in [5, 5.41) is 0. The molecule has 1 aliphatic carbocycles. The van der Waals surface area contributed by atoms with Gasteiger partial charge in [0, 0.05) is 12.3 Å². The van der Waals surface area contributed by atoms with E-state index >= 15 is 0 Å². The molecule has 62 valence electrons. The average Bonchev–Trinajstić information content (AvgIpc) is 2.04. The fourth-order valence-corrected chi connectivity index (χ4v) is 1.02. The molecule has 0 saturated heterocycles. The molecule has 1 unspecified atom stereocenters. The van der Waals surface area contributed by atoms with Crippen molar-refractivity contribution in [1.29, 1.82) is 0 Å². The fourth-order valence-electron chi connectivity index (χ4n) is 1.02. The first-order valence-corrected chi connectivity index (χ1v) is 3.88. The van der Waals surface area contributed by atoms with Crippen LogP contribution in [-0.4, -0.2) is 25.0 Å². The number of hydrogen-bond donors (Lipinski definition) is 1. The van der Waals surface area contributed by atoms with E-state index in [0.717, 1.165) is 12.1 Å². The van der Waals surface area contributed by atoms with Gasteiger partial charge in [0.15, 0.2) is 0 Å². The van der Waals surface area contributed by atoms with Gasteiger partial charge in [-0.05, 0) is 25.0 Å². The molecule has 0 aromatic carbocycles. The lowest BCUT2D eigenvalue weighted by atomic mass is 10.0. The van der Waals surface area contributed by atoms with Gasteiger partial charge in [0.1, 0.15) is 6.17 Å². The maximum absolute atomic E-state index is 12.5. The molecule has 0 saturated carbocycles. The van der Waals surface area contributed by atoms with Crippen LogP contribution < -0.4 is 5.73 Å². The van der Waals surface area contributed by atoms with Gasteiger partial charge in [0.25, 0.3) is 0 Å². The zero-order chi connectivity index (χ0) is 8.10. The van der Waals surface area contributed by atoms with Gasteiger partial charge in [-0.1, -0.05) is 0 Å². The molecule has 1 atom stereocenters. The molecule has 0 aromatic heterocycles. The lowest BCUT2D eigenvalue weighted by Gasteiger charge is -2.09. The van der Waals surface area contributed by atoms with E-state index in [1.54, 1.807) is 12.2 Å². The molecule has 0 radical (unpaired) electrons. The Balaban J connectivity index is 2.43. The Hall–Kier alpha value is -0.700. The van der Waals surface area contributed by atoms with Crippen LogP contribution in [-0.2, 0) is 0 Å². The van der Waals surface area contributed by atoms with Crippen LogP contribution >= 0.6 is 0 Å². The van der Waals surface area contributed by atoms with E-state index in [0.29, 0.717) is 19.5 Å². The van der Waals surface area contributed by atoms with Crippen molar-refractivity contribution in [1.82, 2.24) is 0 Å². The van der Waals surface area contributed by atoms with Crippen LogP contribution in [0.5, 0.6) is 0 Å². The second kappa shape index (κ2) is 4.23. The lowest BCUT2D eigenvalue weighted by Crippen LogP contribution is -2.10. The van der Waals surface area contributed by atoms with Crippen LogP contribution in [0.15, 0.2) is 17.1 Å². The molecule has 3 heteroatoms. The average molecular weight is 156 g/mol. The maximum atomic E-state index is 12.5. The highest BCUT2D eigenvalue weighted by atomic mass is 19.1. The molecule has 1 aliphatic rings. The Kier molecular flexibility index (Phi) is 3.23. The molecular formula is C8H13FN2. The van der Waals surface area contributed by atoms with Crippen molar-refractivity contribution >= 4 is 5.71 Å². The first-order valence-electron chi connectivity index (χ1n) is 3.88. The third-order valence-corrected chi connectivity index (χ3v) is 1.62. The van der Waals surface area contributed by atoms with Crippen LogP contribution in [0.25, 0.3) is 0 Å². The molecule has 0 aliphatic heterocycles. The van der Waals surface area contributed by atoms with Crippen molar-refractivity contribution in [3.63, 3.8) is 0 Å². The standard InChI is InChI=1S/C8H13FN2/c9-7-1-3-8(4-2-7)11-6-5-10/h1,3,7H,2,4-6,10H2. The van der Waals surface area contributed by atoms with Gasteiger partial charge in [0.05, 0.1) is 6.54 Å². The molecule has 0 aromatic rings. The second-order valence-corrected chi connectivity index (χ2v) is 2.58. The summed E-state index contributed by atoms with van der Waals surface area (Å²) in [5.41, 5.74) is 6.24. The van der Waals surface area contributed by atoms with Gasteiger partial charge in [-0.15, -0.1) is 0 Å². The van der Waals surface area contributed by atoms with Crippen LogP contribution in [0.4, 0.5) is 4.39 Å². The Morgan fingerprint density at radius 3 is 3.09 bits per heavy atom. The highest BCUT2D eigenvalue weighted by molar-refractivity contribution is 5.95. The van der Waals surface area contributed by atoms with E-state index < -0.39 is 6.17 Å². The van der Waals surface area contributed by atoms with E-state index in [4.69, 9.17) is 5.73 Å². The Morgan fingerprint density at radius 2 is 2.55 bits per heavy atom. The smallest absolute Gasteiger partial charge is 0.119 e. The molecular weight excluding hydrogens is 143 g/mol. The number of rotatable bonds is 2. The van der Waals surface area contributed by atoms with Crippen LogP contribution in [0.2, 0.25) is 0 Å². The molecule has 0 fully saturated rings. The van der Waals surface area contributed by atoms with Crippen LogP contribution in [0.1, 0.15) is 12.8 Å². The Morgan fingerprint density at radius 1 is 1.73 bits per heavy atom. The molecule has 1 rings (SSSR count). The predicted octanol–water partition coefficient (Wildman–Crippen LogP) is 1.07.